The second-order valence-corrected chi connectivity index (χ2v) is 4.61. The third-order valence-corrected chi connectivity index (χ3v) is 3.14. The van der Waals surface area contributed by atoms with Gasteiger partial charge in [0, 0.05) is 18.9 Å². The summed E-state index contributed by atoms with van der Waals surface area (Å²) in [7, 11) is 1.87. The van der Waals surface area contributed by atoms with Gasteiger partial charge in [-0.3, -0.25) is 9.78 Å². The molecule has 0 unspecified atom stereocenters. The van der Waals surface area contributed by atoms with Gasteiger partial charge in [-0.05, 0) is 24.3 Å². The highest BCUT2D eigenvalue weighted by molar-refractivity contribution is 6.07. The van der Waals surface area contributed by atoms with E-state index >= 15 is 0 Å². The number of aryl methyl sites for hydroxylation is 1. The number of carbonyl (C=O) groups excluding carboxylic acids is 1. The molecule has 0 aliphatic heterocycles. The Morgan fingerprint density at radius 1 is 1.14 bits per heavy atom. The molecule has 5 heteroatoms. The van der Waals surface area contributed by atoms with Crippen molar-refractivity contribution in [3.63, 3.8) is 0 Å². The standard InChI is InChI=1S/C16H14N4O/c1-20-11-17-10-14(20)15-13(8-5-9-18-15)16(21)19-12-6-3-2-4-7-12/h2-11H,1H3,(H,19,21). The summed E-state index contributed by atoms with van der Waals surface area (Å²) in [6.45, 7) is 0. The van der Waals surface area contributed by atoms with Crippen molar-refractivity contribution in [1.82, 2.24) is 14.5 Å². The highest BCUT2D eigenvalue weighted by Gasteiger charge is 2.15. The van der Waals surface area contributed by atoms with Crippen LogP contribution in [-0.2, 0) is 7.05 Å². The summed E-state index contributed by atoms with van der Waals surface area (Å²) >= 11 is 0. The maximum Gasteiger partial charge on any atom is 0.257 e. The molecule has 0 radical (unpaired) electrons. The Morgan fingerprint density at radius 2 is 1.95 bits per heavy atom. The van der Waals surface area contributed by atoms with Crippen LogP contribution in [0.15, 0.2) is 61.2 Å². The molecule has 0 fully saturated rings. The van der Waals surface area contributed by atoms with Gasteiger partial charge < -0.3 is 9.88 Å². The lowest BCUT2D eigenvalue weighted by Gasteiger charge is -2.09. The summed E-state index contributed by atoms with van der Waals surface area (Å²) in [5.74, 6) is -0.189. The number of imidazole rings is 1. The largest absolute Gasteiger partial charge is 0.332 e. The summed E-state index contributed by atoms with van der Waals surface area (Å²) in [4.78, 5) is 20.9. The number of rotatable bonds is 3. The monoisotopic (exact) mass is 278 g/mol. The number of para-hydroxylation sites is 1. The molecule has 1 amide bonds. The van der Waals surface area contributed by atoms with Crippen molar-refractivity contribution in [3.8, 4) is 11.4 Å². The zero-order chi connectivity index (χ0) is 14.7. The van der Waals surface area contributed by atoms with Crippen molar-refractivity contribution in [2.75, 3.05) is 5.32 Å². The van der Waals surface area contributed by atoms with Crippen molar-refractivity contribution < 1.29 is 4.79 Å². The predicted octanol–water partition coefficient (Wildman–Crippen LogP) is 2.73. The molecule has 0 atom stereocenters. The van der Waals surface area contributed by atoms with Gasteiger partial charge in [-0.1, -0.05) is 18.2 Å². The van der Waals surface area contributed by atoms with Crippen LogP contribution in [0.1, 0.15) is 10.4 Å². The molecular weight excluding hydrogens is 264 g/mol. The van der Waals surface area contributed by atoms with Gasteiger partial charge in [0.15, 0.2) is 0 Å². The van der Waals surface area contributed by atoms with Gasteiger partial charge >= 0.3 is 0 Å². The summed E-state index contributed by atoms with van der Waals surface area (Å²) in [5.41, 5.74) is 2.69. The van der Waals surface area contributed by atoms with Gasteiger partial charge in [0.1, 0.15) is 5.69 Å². The van der Waals surface area contributed by atoms with Crippen molar-refractivity contribution >= 4 is 11.6 Å². The maximum absolute atomic E-state index is 12.5. The predicted molar refractivity (Wildman–Crippen MR) is 80.8 cm³/mol. The van der Waals surface area contributed by atoms with Crippen molar-refractivity contribution in [2.24, 2.45) is 7.05 Å². The summed E-state index contributed by atoms with van der Waals surface area (Å²) in [6, 6.07) is 12.9. The molecular formula is C16H14N4O. The molecule has 2 aromatic heterocycles. The maximum atomic E-state index is 12.5. The van der Waals surface area contributed by atoms with E-state index in [2.05, 4.69) is 15.3 Å². The highest BCUT2D eigenvalue weighted by Crippen LogP contribution is 2.21. The number of hydrogen-bond acceptors (Lipinski definition) is 3. The van der Waals surface area contributed by atoms with Crippen LogP contribution < -0.4 is 5.32 Å². The molecule has 3 rings (SSSR count). The number of pyridine rings is 1. The fraction of sp³-hybridized carbons (Fsp3) is 0.0625. The van der Waals surface area contributed by atoms with E-state index < -0.39 is 0 Å². The van der Waals surface area contributed by atoms with E-state index in [1.807, 2.05) is 41.9 Å². The Hall–Kier alpha value is -2.95. The first-order valence-electron chi connectivity index (χ1n) is 6.54. The van der Waals surface area contributed by atoms with E-state index in [-0.39, 0.29) is 5.91 Å². The molecule has 5 nitrogen and oxygen atoms in total. The van der Waals surface area contributed by atoms with Crippen molar-refractivity contribution in [2.45, 2.75) is 0 Å². The Bertz CT molecular complexity index is 765. The first kappa shape index (κ1) is 13.1. The van der Waals surface area contributed by atoms with E-state index in [9.17, 15) is 4.79 Å². The molecule has 1 aromatic carbocycles. The van der Waals surface area contributed by atoms with Gasteiger partial charge in [0.25, 0.3) is 5.91 Å². The zero-order valence-electron chi connectivity index (χ0n) is 11.5. The van der Waals surface area contributed by atoms with Crippen LogP contribution in [0.4, 0.5) is 5.69 Å². The number of carbonyl (C=O) groups is 1. The molecule has 0 bridgehead atoms. The van der Waals surface area contributed by atoms with E-state index in [4.69, 9.17) is 0 Å². The highest BCUT2D eigenvalue weighted by atomic mass is 16.1. The lowest BCUT2D eigenvalue weighted by molar-refractivity contribution is 0.102. The third kappa shape index (κ3) is 2.67. The van der Waals surface area contributed by atoms with Crippen LogP contribution in [-0.4, -0.2) is 20.4 Å². The number of benzene rings is 1. The van der Waals surface area contributed by atoms with E-state index in [1.165, 1.54) is 0 Å². The average molecular weight is 278 g/mol. The fourth-order valence-corrected chi connectivity index (χ4v) is 2.10. The molecule has 0 saturated heterocycles. The molecule has 2 heterocycles. The first-order chi connectivity index (χ1) is 10.3. The minimum absolute atomic E-state index is 0.189. The first-order valence-corrected chi connectivity index (χ1v) is 6.54. The molecule has 3 aromatic rings. The molecule has 0 aliphatic carbocycles. The van der Waals surface area contributed by atoms with E-state index in [0.29, 0.717) is 11.3 Å². The fourth-order valence-electron chi connectivity index (χ4n) is 2.10. The molecule has 21 heavy (non-hydrogen) atoms. The Kier molecular flexibility index (Phi) is 3.47. The van der Waals surface area contributed by atoms with Crippen LogP contribution in [0, 0.1) is 0 Å². The number of nitrogens with zero attached hydrogens (tertiary/aromatic N) is 3. The van der Waals surface area contributed by atoms with Gasteiger partial charge in [0.2, 0.25) is 0 Å². The van der Waals surface area contributed by atoms with Crippen molar-refractivity contribution in [1.29, 1.82) is 0 Å². The molecule has 0 aliphatic rings. The number of anilines is 1. The second kappa shape index (κ2) is 5.58. The average Bonchev–Trinajstić information content (AvgIpc) is 2.94. The molecule has 104 valence electrons. The van der Waals surface area contributed by atoms with Crippen molar-refractivity contribution in [3.05, 3.63) is 66.7 Å². The van der Waals surface area contributed by atoms with E-state index in [0.717, 1.165) is 11.4 Å². The van der Waals surface area contributed by atoms with Gasteiger partial charge in [-0.2, -0.15) is 0 Å². The topological polar surface area (TPSA) is 59.8 Å². The van der Waals surface area contributed by atoms with Crippen LogP contribution in [0.2, 0.25) is 0 Å². The van der Waals surface area contributed by atoms with E-state index in [1.54, 1.807) is 30.9 Å². The lowest BCUT2D eigenvalue weighted by atomic mass is 10.1. The number of hydrogen-bond donors (Lipinski definition) is 1. The Balaban J connectivity index is 1.96. The van der Waals surface area contributed by atoms with Crippen LogP contribution in [0.25, 0.3) is 11.4 Å². The van der Waals surface area contributed by atoms with Gasteiger partial charge in [0.05, 0.1) is 23.8 Å². The second-order valence-electron chi connectivity index (χ2n) is 4.61. The minimum Gasteiger partial charge on any atom is -0.332 e. The summed E-state index contributed by atoms with van der Waals surface area (Å²) in [6.07, 6.45) is 5.05. The zero-order valence-corrected chi connectivity index (χ0v) is 11.5. The number of nitrogens with one attached hydrogen (secondary N) is 1. The van der Waals surface area contributed by atoms with Crippen LogP contribution >= 0.6 is 0 Å². The molecule has 1 N–H and O–H groups in total. The summed E-state index contributed by atoms with van der Waals surface area (Å²) < 4.78 is 1.83. The summed E-state index contributed by atoms with van der Waals surface area (Å²) in [5, 5.41) is 2.87. The smallest absolute Gasteiger partial charge is 0.257 e. The molecule has 0 spiro atoms. The normalized spacial score (nSPS) is 10.3. The minimum atomic E-state index is -0.189. The number of amides is 1. The molecule has 0 saturated carbocycles. The Morgan fingerprint density at radius 3 is 2.67 bits per heavy atom. The lowest BCUT2D eigenvalue weighted by Crippen LogP contribution is -2.14. The quantitative estimate of drug-likeness (QED) is 0.801. The van der Waals surface area contributed by atoms with Gasteiger partial charge in [-0.25, -0.2) is 4.98 Å². The Labute approximate surface area is 122 Å². The van der Waals surface area contributed by atoms with Crippen LogP contribution in [0.5, 0.6) is 0 Å². The number of aromatic nitrogens is 3. The SMILES string of the molecule is Cn1cncc1-c1ncccc1C(=O)Nc1ccccc1. The van der Waals surface area contributed by atoms with Crippen LogP contribution in [0.3, 0.4) is 0 Å². The third-order valence-electron chi connectivity index (χ3n) is 3.14. The van der Waals surface area contributed by atoms with Gasteiger partial charge in [-0.15, -0.1) is 0 Å².